The predicted molar refractivity (Wildman–Crippen MR) is 108 cm³/mol. The maximum absolute atomic E-state index is 12.0. The number of rotatable bonds is 10. The average molecular weight is 410 g/mol. The molecule has 1 atom stereocenters. The maximum Gasteiger partial charge on any atom is 0.242 e. The van der Waals surface area contributed by atoms with Crippen LogP contribution in [0.5, 0.6) is 5.75 Å². The fraction of sp³-hybridized carbons (Fsp3) is 0.412. The van der Waals surface area contributed by atoms with Crippen molar-refractivity contribution in [3.05, 3.63) is 24.3 Å². The average Bonchev–Trinajstić information content (AvgIpc) is 3.12. The summed E-state index contributed by atoms with van der Waals surface area (Å²) in [5.41, 5.74) is 0.869. The van der Waals surface area contributed by atoms with Crippen molar-refractivity contribution in [2.45, 2.75) is 30.6 Å². The third-order valence-corrected chi connectivity index (χ3v) is 5.37. The lowest BCUT2D eigenvalue weighted by Crippen LogP contribution is -2.45. The summed E-state index contributed by atoms with van der Waals surface area (Å²) in [6.07, 6.45) is 0.853. The normalized spacial score (nSPS) is 11.5. The number of aromatic nitrogens is 2. The monoisotopic (exact) mass is 409 g/mol. The van der Waals surface area contributed by atoms with Gasteiger partial charge in [0, 0.05) is 12.2 Å². The summed E-state index contributed by atoms with van der Waals surface area (Å²) in [5.74, 6) is 0.538. The number of amides is 2. The molecular formula is C17H23N5O3S2. The van der Waals surface area contributed by atoms with Crippen molar-refractivity contribution in [2.24, 2.45) is 0 Å². The molecule has 2 amide bonds. The molecule has 1 aromatic heterocycles. The predicted octanol–water partition coefficient (Wildman–Crippen LogP) is 2.41. The van der Waals surface area contributed by atoms with E-state index >= 15 is 0 Å². The maximum atomic E-state index is 12.0. The standard InChI is InChI=1S/C17H23N5O3S2/c1-4-9-18-15(24)11(2)19-14(23)10-26-17-22-21-16(27-17)20-12-5-7-13(25-3)8-6-12/h5-8,11H,4,9-10H2,1-3H3,(H,18,24)(H,19,23)(H,20,21)/t11-/m0/s1. The van der Waals surface area contributed by atoms with Gasteiger partial charge >= 0.3 is 0 Å². The number of carbonyl (C=O) groups is 2. The van der Waals surface area contributed by atoms with Crippen LogP contribution in [0.1, 0.15) is 20.3 Å². The molecule has 0 aliphatic rings. The third-order valence-electron chi connectivity index (χ3n) is 3.39. The molecular weight excluding hydrogens is 386 g/mol. The first kappa shape index (κ1) is 21.0. The second-order valence-corrected chi connectivity index (χ2v) is 7.80. The molecule has 0 radical (unpaired) electrons. The number of thioether (sulfide) groups is 1. The molecule has 8 nitrogen and oxygen atoms in total. The highest BCUT2D eigenvalue weighted by Crippen LogP contribution is 2.28. The van der Waals surface area contributed by atoms with E-state index in [1.54, 1.807) is 14.0 Å². The van der Waals surface area contributed by atoms with Crippen molar-refractivity contribution >= 4 is 45.7 Å². The van der Waals surface area contributed by atoms with Gasteiger partial charge in [-0.1, -0.05) is 30.0 Å². The molecule has 2 rings (SSSR count). The molecule has 1 heterocycles. The Morgan fingerprint density at radius 1 is 1.26 bits per heavy atom. The zero-order valence-corrected chi connectivity index (χ0v) is 17.1. The topological polar surface area (TPSA) is 105 Å². The highest BCUT2D eigenvalue weighted by atomic mass is 32.2. The summed E-state index contributed by atoms with van der Waals surface area (Å²) in [6, 6.07) is 6.89. The summed E-state index contributed by atoms with van der Waals surface area (Å²) in [6.45, 7) is 4.23. The van der Waals surface area contributed by atoms with Crippen LogP contribution < -0.4 is 20.7 Å². The molecule has 27 heavy (non-hydrogen) atoms. The summed E-state index contributed by atoms with van der Waals surface area (Å²) in [7, 11) is 1.62. The van der Waals surface area contributed by atoms with Crippen LogP contribution in [0.15, 0.2) is 28.6 Å². The van der Waals surface area contributed by atoms with E-state index in [2.05, 4.69) is 26.1 Å². The molecule has 10 heteroatoms. The minimum Gasteiger partial charge on any atom is -0.497 e. The molecule has 1 aromatic carbocycles. The zero-order valence-electron chi connectivity index (χ0n) is 15.4. The number of ether oxygens (including phenoxy) is 1. The lowest BCUT2D eigenvalue weighted by molar-refractivity contribution is -0.127. The zero-order chi connectivity index (χ0) is 19.6. The van der Waals surface area contributed by atoms with E-state index in [0.29, 0.717) is 16.0 Å². The number of carbonyl (C=O) groups excluding carboxylic acids is 2. The Kier molecular flexibility index (Phi) is 8.34. The number of nitrogens with one attached hydrogen (secondary N) is 3. The summed E-state index contributed by atoms with van der Waals surface area (Å²) >= 11 is 2.63. The Morgan fingerprint density at radius 2 is 2.00 bits per heavy atom. The SMILES string of the molecule is CCCNC(=O)[C@H](C)NC(=O)CSc1nnc(Nc2ccc(OC)cc2)s1. The van der Waals surface area contributed by atoms with Crippen molar-refractivity contribution in [1.29, 1.82) is 0 Å². The Morgan fingerprint density at radius 3 is 2.67 bits per heavy atom. The number of anilines is 2. The van der Waals surface area contributed by atoms with Crippen LogP contribution in [0, 0.1) is 0 Å². The van der Waals surface area contributed by atoms with Crippen LogP contribution in [0.25, 0.3) is 0 Å². The van der Waals surface area contributed by atoms with Crippen molar-refractivity contribution < 1.29 is 14.3 Å². The van der Waals surface area contributed by atoms with Gasteiger partial charge in [-0.15, -0.1) is 10.2 Å². The van der Waals surface area contributed by atoms with Gasteiger partial charge in [0.25, 0.3) is 0 Å². The molecule has 146 valence electrons. The Labute approximate surface area is 166 Å². The van der Waals surface area contributed by atoms with Crippen LogP contribution in [0.2, 0.25) is 0 Å². The fourth-order valence-corrected chi connectivity index (χ4v) is 3.58. The van der Waals surface area contributed by atoms with E-state index in [0.717, 1.165) is 17.9 Å². The van der Waals surface area contributed by atoms with E-state index in [-0.39, 0.29) is 17.6 Å². The lowest BCUT2D eigenvalue weighted by Gasteiger charge is -2.13. The van der Waals surface area contributed by atoms with Crippen LogP contribution in [-0.4, -0.2) is 47.5 Å². The minimum atomic E-state index is -0.564. The van der Waals surface area contributed by atoms with Gasteiger partial charge < -0.3 is 20.7 Å². The van der Waals surface area contributed by atoms with Crippen LogP contribution >= 0.6 is 23.1 Å². The van der Waals surface area contributed by atoms with Crippen molar-refractivity contribution in [3.8, 4) is 5.75 Å². The van der Waals surface area contributed by atoms with E-state index in [1.807, 2.05) is 31.2 Å². The number of nitrogens with zero attached hydrogens (tertiary/aromatic N) is 2. The molecule has 0 unspecified atom stereocenters. The highest BCUT2D eigenvalue weighted by Gasteiger charge is 2.15. The third kappa shape index (κ3) is 7.06. The number of benzene rings is 1. The molecule has 3 N–H and O–H groups in total. The first-order valence-electron chi connectivity index (χ1n) is 8.46. The minimum absolute atomic E-state index is 0.169. The molecule has 0 fully saturated rings. The first-order valence-corrected chi connectivity index (χ1v) is 10.3. The fourth-order valence-electron chi connectivity index (χ4n) is 1.99. The molecule has 0 saturated heterocycles. The van der Waals surface area contributed by atoms with Gasteiger partial charge in [-0.3, -0.25) is 9.59 Å². The van der Waals surface area contributed by atoms with Crippen molar-refractivity contribution in [3.63, 3.8) is 0 Å². The van der Waals surface area contributed by atoms with Crippen LogP contribution in [0.3, 0.4) is 0 Å². The number of hydrogen-bond donors (Lipinski definition) is 3. The van der Waals surface area contributed by atoms with Gasteiger partial charge in [0.1, 0.15) is 11.8 Å². The van der Waals surface area contributed by atoms with Gasteiger partial charge in [0.15, 0.2) is 4.34 Å². The molecule has 0 aliphatic carbocycles. The second-order valence-electron chi connectivity index (χ2n) is 5.60. The van der Waals surface area contributed by atoms with Crippen LogP contribution in [0.4, 0.5) is 10.8 Å². The lowest BCUT2D eigenvalue weighted by atomic mass is 10.3. The molecule has 0 bridgehead atoms. The smallest absolute Gasteiger partial charge is 0.242 e. The van der Waals surface area contributed by atoms with Gasteiger partial charge in [0.2, 0.25) is 16.9 Å². The van der Waals surface area contributed by atoms with Gasteiger partial charge in [-0.05, 0) is 37.6 Å². The Balaban J connectivity index is 1.77. The van der Waals surface area contributed by atoms with Crippen molar-refractivity contribution in [1.82, 2.24) is 20.8 Å². The van der Waals surface area contributed by atoms with Gasteiger partial charge in [-0.2, -0.15) is 0 Å². The van der Waals surface area contributed by atoms with Gasteiger partial charge in [0.05, 0.1) is 12.9 Å². The van der Waals surface area contributed by atoms with Crippen molar-refractivity contribution in [2.75, 3.05) is 24.7 Å². The summed E-state index contributed by atoms with van der Waals surface area (Å²) < 4.78 is 5.79. The highest BCUT2D eigenvalue weighted by molar-refractivity contribution is 8.01. The second kappa shape index (κ2) is 10.7. The van der Waals surface area contributed by atoms with E-state index in [4.69, 9.17) is 4.74 Å². The largest absolute Gasteiger partial charge is 0.497 e. The molecule has 0 aliphatic heterocycles. The van der Waals surface area contributed by atoms with Crippen LogP contribution in [-0.2, 0) is 9.59 Å². The quantitative estimate of drug-likeness (QED) is 0.518. The van der Waals surface area contributed by atoms with Gasteiger partial charge in [-0.25, -0.2) is 0 Å². The molecule has 0 saturated carbocycles. The summed E-state index contributed by atoms with van der Waals surface area (Å²) in [5, 5.41) is 17.3. The summed E-state index contributed by atoms with van der Waals surface area (Å²) in [4.78, 5) is 23.7. The Hall–Kier alpha value is -2.33. The first-order chi connectivity index (χ1) is 13.0. The van der Waals surface area contributed by atoms with E-state index in [9.17, 15) is 9.59 Å². The number of hydrogen-bond acceptors (Lipinski definition) is 8. The molecule has 2 aromatic rings. The van der Waals surface area contributed by atoms with E-state index in [1.165, 1.54) is 23.1 Å². The number of methoxy groups -OCH3 is 1. The Bertz CT molecular complexity index is 751. The van der Waals surface area contributed by atoms with E-state index < -0.39 is 6.04 Å². The molecule has 0 spiro atoms.